The lowest BCUT2D eigenvalue weighted by atomic mass is 9.85. The van der Waals surface area contributed by atoms with Gasteiger partial charge in [0.1, 0.15) is 0 Å². The number of amides is 2. The van der Waals surface area contributed by atoms with Gasteiger partial charge in [-0.1, -0.05) is 6.42 Å². The van der Waals surface area contributed by atoms with E-state index < -0.39 is 0 Å². The van der Waals surface area contributed by atoms with Crippen molar-refractivity contribution in [2.45, 2.75) is 31.7 Å². The van der Waals surface area contributed by atoms with Crippen LogP contribution >= 0.6 is 0 Å². The zero-order valence-corrected chi connectivity index (χ0v) is 9.08. The molecule has 1 aliphatic carbocycles. The summed E-state index contributed by atoms with van der Waals surface area (Å²) < 4.78 is 0. The molecule has 0 aromatic carbocycles. The molecule has 0 aromatic rings. The molecule has 0 spiro atoms. The minimum Gasteiger partial charge on any atom is -0.358 e. The van der Waals surface area contributed by atoms with Crippen molar-refractivity contribution in [1.82, 2.24) is 10.6 Å². The van der Waals surface area contributed by atoms with Crippen LogP contribution in [0, 0.1) is 5.92 Å². The maximum absolute atomic E-state index is 11.6. The lowest BCUT2D eigenvalue weighted by Gasteiger charge is -2.25. The number of carbonyl (C=O) groups is 2. The monoisotopic (exact) mass is 213 g/mol. The van der Waals surface area contributed by atoms with E-state index in [-0.39, 0.29) is 30.3 Å². The van der Waals surface area contributed by atoms with Crippen LogP contribution in [0.25, 0.3) is 0 Å². The van der Waals surface area contributed by atoms with Gasteiger partial charge in [-0.25, -0.2) is 0 Å². The number of nitrogens with two attached hydrogens (primary N) is 1. The minimum atomic E-state index is -0.177. The lowest BCUT2D eigenvalue weighted by molar-refractivity contribution is -0.129. The van der Waals surface area contributed by atoms with Crippen molar-refractivity contribution in [3.05, 3.63) is 0 Å². The molecule has 2 amide bonds. The van der Waals surface area contributed by atoms with Crippen molar-refractivity contribution >= 4 is 11.8 Å². The molecule has 15 heavy (non-hydrogen) atoms. The Labute approximate surface area is 89.8 Å². The van der Waals surface area contributed by atoms with Gasteiger partial charge in [-0.15, -0.1) is 0 Å². The summed E-state index contributed by atoms with van der Waals surface area (Å²) in [7, 11) is 1.55. The Hall–Kier alpha value is -1.10. The third-order valence-electron chi connectivity index (χ3n) is 2.79. The van der Waals surface area contributed by atoms with Crippen molar-refractivity contribution < 1.29 is 9.59 Å². The first-order chi connectivity index (χ1) is 7.13. The summed E-state index contributed by atoms with van der Waals surface area (Å²) in [6.07, 6.45) is 3.62. The van der Waals surface area contributed by atoms with Gasteiger partial charge >= 0.3 is 0 Å². The number of likely N-dealkylation sites (N-methyl/N-ethyl adjacent to an activating group) is 1. The van der Waals surface area contributed by atoms with E-state index in [1.54, 1.807) is 7.05 Å². The first-order valence-corrected chi connectivity index (χ1v) is 5.37. The zero-order valence-electron chi connectivity index (χ0n) is 9.08. The molecule has 1 saturated carbocycles. The lowest BCUT2D eigenvalue weighted by Crippen LogP contribution is -2.41. The summed E-state index contributed by atoms with van der Waals surface area (Å²) in [5, 5.41) is 5.07. The van der Waals surface area contributed by atoms with Gasteiger partial charge in [0, 0.05) is 19.0 Å². The SMILES string of the molecule is CNC(=O)CNC(=O)C1CCCC(N)C1. The Morgan fingerprint density at radius 3 is 2.73 bits per heavy atom. The molecule has 2 atom stereocenters. The Balaban J connectivity index is 2.30. The average Bonchev–Trinajstić information content (AvgIpc) is 2.25. The second kappa shape index (κ2) is 5.70. The second-order valence-electron chi connectivity index (χ2n) is 4.01. The molecule has 0 radical (unpaired) electrons. The standard InChI is InChI=1S/C10H19N3O2/c1-12-9(14)6-13-10(15)7-3-2-4-8(11)5-7/h7-8H,2-6,11H2,1H3,(H,12,14)(H,13,15). The van der Waals surface area contributed by atoms with E-state index in [1.807, 2.05) is 0 Å². The summed E-state index contributed by atoms with van der Waals surface area (Å²) in [5.41, 5.74) is 5.79. The van der Waals surface area contributed by atoms with Gasteiger partial charge in [0.2, 0.25) is 11.8 Å². The molecule has 1 fully saturated rings. The fourth-order valence-corrected chi connectivity index (χ4v) is 1.87. The highest BCUT2D eigenvalue weighted by Crippen LogP contribution is 2.22. The van der Waals surface area contributed by atoms with Crippen LogP contribution in [0.4, 0.5) is 0 Å². The molecule has 4 N–H and O–H groups in total. The summed E-state index contributed by atoms with van der Waals surface area (Å²) in [6, 6.07) is 0.134. The highest BCUT2D eigenvalue weighted by Gasteiger charge is 2.25. The van der Waals surface area contributed by atoms with Crippen LogP contribution in [0.3, 0.4) is 0 Å². The van der Waals surface area contributed by atoms with Crippen molar-refractivity contribution in [1.29, 1.82) is 0 Å². The molecule has 0 aromatic heterocycles. The van der Waals surface area contributed by atoms with Crippen LogP contribution in [0.15, 0.2) is 0 Å². The Morgan fingerprint density at radius 1 is 1.40 bits per heavy atom. The van der Waals surface area contributed by atoms with Gasteiger partial charge < -0.3 is 16.4 Å². The highest BCUT2D eigenvalue weighted by molar-refractivity contribution is 5.85. The van der Waals surface area contributed by atoms with Crippen LogP contribution < -0.4 is 16.4 Å². The minimum absolute atomic E-state index is 0.0154. The number of carbonyl (C=O) groups excluding carboxylic acids is 2. The Kier molecular flexibility index (Phi) is 4.55. The van der Waals surface area contributed by atoms with E-state index in [0.717, 1.165) is 25.7 Å². The molecule has 0 bridgehead atoms. The van der Waals surface area contributed by atoms with E-state index in [1.165, 1.54) is 0 Å². The number of hydrogen-bond acceptors (Lipinski definition) is 3. The molecule has 5 heteroatoms. The van der Waals surface area contributed by atoms with Crippen molar-refractivity contribution in [2.75, 3.05) is 13.6 Å². The van der Waals surface area contributed by atoms with E-state index in [4.69, 9.17) is 5.73 Å². The molecule has 0 saturated heterocycles. The maximum Gasteiger partial charge on any atom is 0.239 e. The summed E-state index contributed by atoms with van der Waals surface area (Å²) >= 11 is 0. The maximum atomic E-state index is 11.6. The summed E-state index contributed by atoms with van der Waals surface area (Å²) in [5.74, 6) is -0.240. The zero-order chi connectivity index (χ0) is 11.3. The molecule has 5 nitrogen and oxygen atoms in total. The third kappa shape index (κ3) is 3.87. The predicted octanol–water partition coefficient (Wildman–Crippen LogP) is -0.634. The molecule has 1 rings (SSSR count). The van der Waals surface area contributed by atoms with Gasteiger partial charge in [0.15, 0.2) is 0 Å². The van der Waals surface area contributed by atoms with Gasteiger partial charge in [0.25, 0.3) is 0 Å². The fraction of sp³-hybridized carbons (Fsp3) is 0.800. The molecule has 0 aliphatic heterocycles. The molecule has 1 aliphatic rings. The van der Waals surface area contributed by atoms with E-state index in [9.17, 15) is 9.59 Å². The normalized spacial score (nSPS) is 25.7. The predicted molar refractivity (Wildman–Crippen MR) is 57.0 cm³/mol. The number of nitrogens with one attached hydrogen (secondary N) is 2. The molecular weight excluding hydrogens is 194 g/mol. The smallest absolute Gasteiger partial charge is 0.239 e. The van der Waals surface area contributed by atoms with E-state index >= 15 is 0 Å². The first-order valence-electron chi connectivity index (χ1n) is 5.37. The topological polar surface area (TPSA) is 84.2 Å². The second-order valence-corrected chi connectivity index (χ2v) is 4.01. The Morgan fingerprint density at radius 2 is 2.13 bits per heavy atom. The van der Waals surface area contributed by atoms with Gasteiger partial charge in [-0.05, 0) is 19.3 Å². The number of hydrogen-bond donors (Lipinski definition) is 3. The highest BCUT2D eigenvalue weighted by atomic mass is 16.2. The molecular formula is C10H19N3O2. The van der Waals surface area contributed by atoms with Crippen LogP contribution in [-0.4, -0.2) is 31.4 Å². The molecule has 86 valence electrons. The summed E-state index contributed by atoms with van der Waals surface area (Å²) in [4.78, 5) is 22.5. The quantitative estimate of drug-likeness (QED) is 0.583. The number of rotatable bonds is 3. The molecule has 2 unspecified atom stereocenters. The van der Waals surface area contributed by atoms with Crippen molar-refractivity contribution in [2.24, 2.45) is 11.7 Å². The van der Waals surface area contributed by atoms with Crippen LogP contribution in [0.5, 0.6) is 0 Å². The Bertz CT molecular complexity index is 243. The fourth-order valence-electron chi connectivity index (χ4n) is 1.87. The van der Waals surface area contributed by atoms with Crippen LogP contribution in [0.2, 0.25) is 0 Å². The van der Waals surface area contributed by atoms with E-state index in [2.05, 4.69) is 10.6 Å². The summed E-state index contributed by atoms with van der Waals surface area (Å²) in [6.45, 7) is 0.0566. The van der Waals surface area contributed by atoms with Gasteiger partial charge in [-0.3, -0.25) is 9.59 Å². The van der Waals surface area contributed by atoms with Crippen molar-refractivity contribution in [3.63, 3.8) is 0 Å². The van der Waals surface area contributed by atoms with Gasteiger partial charge in [0.05, 0.1) is 6.54 Å². The van der Waals surface area contributed by atoms with E-state index in [0.29, 0.717) is 0 Å². The average molecular weight is 213 g/mol. The van der Waals surface area contributed by atoms with Gasteiger partial charge in [-0.2, -0.15) is 0 Å². The van der Waals surface area contributed by atoms with Crippen molar-refractivity contribution in [3.8, 4) is 0 Å². The largest absolute Gasteiger partial charge is 0.358 e. The molecule has 0 heterocycles. The third-order valence-corrected chi connectivity index (χ3v) is 2.79. The van der Waals surface area contributed by atoms with Crippen LogP contribution in [0.1, 0.15) is 25.7 Å². The van der Waals surface area contributed by atoms with Crippen LogP contribution in [-0.2, 0) is 9.59 Å². The first kappa shape index (κ1) is 12.0.